The van der Waals surface area contributed by atoms with Crippen LogP contribution in [0.1, 0.15) is 11.4 Å². The summed E-state index contributed by atoms with van der Waals surface area (Å²) in [5.41, 5.74) is 1.28. The molecule has 3 aromatic rings. The molecule has 2 aromatic carbocycles. The van der Waals surface area contributed by atoms with Crippen LogP contribution in [-0.2, 0) is 4.79 Å². The molecule has 0 saturated carbocycles. The van der Waals surface area contributed by atoms with Crippen LogP contribution >= 0.6 is 11.8 Å². The van der Waals surface area contributed by atoms with Gasteiger partial charge in [-0.3, -0.25) is 15.2 Å². The lowest BCUT2D eigenvalue weighted by molar-refractivity contribution is -0.117. The highest BCUT2D eigenvalue weighted by Crippen LogP contribution is 2.32. The van der Waals surface area contributed by atoms with Gasteiger partial charge in [0, 0.05) is 11.8 Å². The van der Waals surface area contributed by atoms with Crippen molar-refractivity contribution >= 4 is 41.5 Å². The van der Waals surface area contributed by atoms with Crippen LogP contribution in [0.4, 0.5) is 14.9 Å². The molecule has 2 heterocycles. The minimum Gasteiger partial charge on any atom is -0.486 e. The molecule has 1 aliphatic heterocycles. The third-order valence-electron chi connectivity index (χ3n) is 4.17. The molecule has 1 aromatic heterocycles. The highest BCUT2D eigenvalue weighted by Gasteiger charge is 2.14. The highest BCUT2D eigenvalue weighted by molar-refractivity contribution is 7.99. The second-order valence-corrected chi connectivity index (χ2v) is 7.48. The molecule has 11 heteroatoms. The van der Waals surface area contributed by atoms with Gasteiger partial charge in [0.05, 0.1) is 5.75 Å². The summed E-state index contributed by atoms with van der Waals surface area (Å²) < 4.78 is 23.8. The van der Waals surface area contributed by atoms with E-state index in [1.165, 1.54) is 12.1 Å². The summed E-state index contributed by atoms with van der Waals surface area (Å²) in [6, 6.07) is 10.3. The first-order valence-electron chi connectivity index (χ1n) is 9.54. The molecule has 3 amide bonds. The molecule has 164 valence electrons. The van der Waals surface area contributed by atoms with E-state index in [-0.39, 0.29) is 11.6 Å². The number of hydrogen-bond acceptors (Lipinski definition) is 7. The number of aromatic amines is 1. The minimum absolute atomic E-state index is 0.0481. The number of nitrogens with one attached hydrogen (secondary N) is 3. The van der Waals surface area contributed by atoms with E-state index in [1.807, 2.05) is 0 Å². The van der Waals surface area contributed by atoms with Crippen LogP contribution in [0.25, 0.3) is 12.2 Å². The van der Waals surface area contributed by atoms with E-state index in [1.54, 1.807) is 42.5 Å². The average Bonchev–Trinajstić information content (AvgIpc) is 3.25. The number of carbonyl (C=O) groups excluding carboxylic acids is 2. The molecule has 0 bridgehead atoms. The normalized spacial score (nSPS) is 12.5. The van der Waals surface area contributed by atoms with Gasteiger partial charge in [0.15, 0.2) is 11.5 Å². The number of halogens is 1. The zero-order valence-corrected chi connectivity index (χ0v) is 17.4. The molecule has 1 aliphatic rings. The van der Waals surface area contributed by atoms with Crippen molar-refractivity contribution in [2.75, 3.05) is 24.3 Å². The fourth-order valence-electron chi connectivity index (χ4n) is 2.72. The smallest absolute Gasteiger partial charge is 0.325 e. The number of benzene rings is 2. The van der Waals surface area contributed by atoms with Crippen molar-refractivity contribution in [3.63, 3.8) is 0 Å². The fraction of sp³-hybridized carbons (Fsp3) is 0.143. The first-order chi connectivity index (χ1) is 15.5. The van der Waals surface area contributed by atoms with Crippen molar-refractivity contribution in [3.8, 4) is 11.5 Å². The minimum atomic E-state index is -0.662. The Bertz CT molecular complexity index is 1150. The van der Waals surface area contributed by atoms with Gasteiger partial charge in [-0.2, -0.15) is 0 Å². The molecule has 32 heavy (non-hydrogen) atoms. The molecule has 9 nitrogen and oxygen atoms in total. The van der Waals surface area contributed by atoms with Gasteiger partial charge in [-0.1, -0.05) is 30.0 Å². The number of thioether (sulfide) groups is 1. The number of anilines is 1. The molecule has 0 unspecified atom stereocenters. The predicted molar refractivity (Wildman–Crippen MR) is 117 cm³/mol. The van der Waals surface area contributed by atoms with Gasteiger partial charge in [0.25, 0.3) is 0 Å². The molecular formula is C21H18FN5O4S. The summed E-state index contributed by atoms with van der Waals surface area (Å²) in [4.78, 5) is 28.3. The molecule has 0 radical (unpaired) electrons. The van der Waals surface area contributed by atoms with E-state index in [0.29, 0.717) is 41.4 Å². The second kappa shape index (κ2) is 9.96. The monoisotopic (exact) mass is 455 g/mol. The van der Waals surface area contributed by atoms with Crippen molar-refractivity contribution in [3.05, 3.63) is 59.7 Å². The molecule has 3 N–H and O–H groups in total. The first-order valence-corrected chi connectivity index (χ1v) is 10.5. The lowest BCUT2D eigenvalue weighted by Crippen LogP contribution is -2.35. The number of amides is 3. The Labute approximate surface area is 186 Å². The number of ether oxygens (including phenoxy) is 2. The summed E-state index contributed by atoms with van der Waals surface area (Å²) in [5.74, 6) is 0.761. The molecule has 0 spiro atoms. The SMILES string of the molecule is O=C(CSc1n[nH]c(/C=C/c2ccc(F)cc2)n1)NC(=O)Nc1ccc2c(c1)OCCO2. The third-order valence-corrected chi connectivity index (χ3v) is 5.02. The number of H-pyrrole nitrogens is 1. The Balaban J connectivity index is 1.23. The highest BCUT2D eigenvalue weighted by atomic mass is 32.2. The van der Waals surface area contributed by atoms with E-state index < -0.39 is 11.9 Å². The predicted octanol–water partition coefficient (Wildman–Crippen LogP) is 3.33. The fourth-order valence-corrected chi connectivity index (χ4v) is 3.33. The zero-order chi connectivity index (χ0) is 22.3. The molecule has 0 fully saturated rings. The van der Waals surface area contributed by atoms with Crippen molar-refractivity contribution in [1.82, 2.24) is 20.5 Å². The van der Waals surface area contributed by atoms with Crippen LogP contribution in [0.2, 0.25) is 0 Å². The van der Waals surface area contributed by atoms with Crippen molar-refractivity contribution < 1.29 is 23.5 Å². The molecular weight excluding hydrogens is 437 g/mol. The maximum atomic E-state index is 12.9. The van der Waals surface area contributed by atoms with Crippen LogP contribution in [-0.4, -0.2) is 46.1 Å². The maximum Gasteiger partial charge on any atom is 0.325 e. The summed E-state index contributed by atoms with van der Waals surface area (Å²) in [6.45, 7) is 0.909. The van der Waals surface area contributed by atoms with E-state index >= 15 is 0 Å². The van der Waals surface area contributed by atoms with E-state index in [4.69, 9.17) is 9.47 Å². The molecule has 4 rings (SSSR count). The Morgan fingerprint density at radius 1 is 1.09 bits per heavy atom. The van der Waals surface area contributed by atoms with Gasteiger partial charge in [-0.15, -0.1) is 5.10 Å². The zero-order valence-electron chi connectivity index (χ0n) is 16.6. The van der Waals surface area contributed by atoms with Crippen LogP contribution in [0, 0.1) is 5.82 Å². The van der Waals surface area contributed by atoms with E-state index in [2.05, 4.69) is 25.8 Å². The standard InChI is InChI=1S/C21H18FN5O4S/c22-14-4-1-13(2-5-14)3-8-18-24-21(27-26-18)32-12-19(28)25-20(29)23-15-6-7-16-17(11-15)31-10-9-30-16/h1-8,11H,9-10,12H2,(H,24,26,27)(H2,23,25,28,29)/b8-3+. The number of fused-ring (bicyclic) bond motifs is 1. The van der Waals surface area contributed by atoms with Gasteiger partial charge in [-0.05, 0) is 35.9 Å². The van der Waals surface area contributed by atoms with Crippen molar-refractivity contribution in [2.45, 2.75) is 5.16 Å². The van der Waals surface area contributed by atoms with Crippen molar-refractivity contribution in [2.24, 2.45) is 0 Å². The lowest BCUT2D eigenvalue weighted by atomic mass is 10.2. The number of carbonyl (C=O) groups is 2. The topological polar surface area (TPSA) is 118 Å². The molecule has 0 atom stereocenters. The lowest BCUT2D eigenvalue weighted by Gasteiger charge is -2.19. The van der Waals surface area contributed by atoms with E-state index in [0.717, 1.165) is 17.3 Å². The van der Waals surface area contributed by atoms with Gasteiger partial charge >= 0.3 is 6.03 Å². The number of aromatic nitrogens is 3. The number of imide groups is 1. The quantitative estimate of drug-likeness (QED) is 0.488. The van der Waals surface area contributed by atoms with Crippen LogP contribution < -0.4 is 20.1 Å². The summed E-state index contributed by atoms with van der Waals surface area (Å²) in [5, 5.41) is 11.9. The Hall–Kier alpha value is -3.86. The van der Waals surface area contributed by atoms with Gasteiger partial charge in [0.2, 0.25) is 11.1 Å². The largest absolute Gasteiger partial charge is 0.486 e. The summed E-state index contributed by atoms with van der Waals surface area (Å²) in [7, 11) is 0. The molecule has 0 aliphatic carbocycles. The van der Waals surface area contributed by atoms with Crippen LogP contribution in [0.3, 0.4) is 0 Å². The van der Waals surface area contributed by atoms with Crippen LogP contribution in [0.5, 0.6) is 11.5 Å². The Kier molecular flexibility index (Phi) is 6.66. The first kappa shape index (κ1) is 21.4. The number of hydrogen-bond donors (Lipinski definition) is 3. The van der Waals surface area contributed by atoms with Gasteiger partial charge in [0.1, 0.15) is 24.9 Å². The Morgan fingerprint density at radius 3 is 2.69 bits per heavy atom. The van der Waals surface area contributed by atoms with Gasteiger partial charge < -0.3 is 14.8 Å². The third kappa shape index (κ3) is 5.85. The Morgan fingerprint density at radius 2 is 1.88 bits per heavy atom. The maximum absolute atomic E-state index is 12.9. The number of rotatable bonds is 6. The number of urea groups is 1. The molecule has 0 saturated heterocycles. The average molecular weight is 455 g/mol. The number of nitrogens with zero attached hydrogens (tertiary/aromatic N) is 2. The summed E-state index contributed by atoms with van der Waals surface area (Å²) in [6.07, 6.45) is 3.44. The van der Waals surface area contributed by atoms with Crippen molar-refractivity contribution in [1.29, 1.82) is 0 Å². The second-order valence-electron chi connectivity index (χ2n) is 6.54. The summed E-state index contributed by atoms with van der Waals surface area (Å²) >= 11 is 1.07. The van der Waals surface area contributed by atoms with E-state index in [9.17, 15) is 14.0 Å². The van der Waals surface area contributed by atoms with Gasteiger partial charge in [-0.25, -0.2) is 14.2 Å². The van der Waals surface area contributed by atoms with Crippen LogP contribution in [0.15, 0.2) is 47.6 Å².